The van der Waals surface area contributed by atoms with Crippen LogP contribution in [0.4, 0.5) is 16.2 Å². The summed E-state index contributed by atoms with van der Waals surface area (Å²) in [6.07, 6.45) is 6.03. The lowest BCUT2D eigenvalue weighted by Crippen LogP contribution is -2.52. The van der Waals surface area contributed by atoms with Crippen LogP contribution in [-0.2, 0) is 40.2 Å². The molecular formula is C53H70Cl4N6O4. The van der Waals surface area contributed by atoms with Crippen LogP contribution >= 0.6 is 46.4 Å². The highest BCUT2D eigenvalue weighted by Crippen LogP contribution is 2.35. The van der Waals surface area contributed by atoms with Crippen molar-refractivity contribution in [3.05, 3.63) is 127 Å². The van der Waals surface area contributed by atoms with E-state index < -0.39 is 5.60 Å². The first kappa shape index (κ1) is 52.6. The first-order valence-electron chi connectivity index (χ1n) is 23.8. The van der Waals surface area contributed by atoms with Crippen molar-refractivity contribution in [3.8, 4) is 0 Å². The van der Waals surface area contributed by atoms with Gasteiger partial charge in [0.25, 0.3) is 0 Å². The van der Waals surface area contributed by atoms with E-state index in [4.69, 9.17) is 51.1 Å². The molecule has 0 aliphatic carbocycles. The molecule has 2 atom stereocenters. The molecule has 4 aromatic rings. The monoisotopic (exact) mass is 994 g/mol. The van der Waals surface area contributed by atoms with Crippen LogP contribution in [0.2, 0.25) is 20.1 Å². The van der Waals surface area contributed by atoms with Gasteiger partial charge in [-0.05, 0) is 162 Å². The maximum atomic E-state index is 12.6. The maximum Gasteiger partial charge on any atom is 0.410 e. The molecule has 4 aromatic carbocycles. The Morgan fingerprint density at radius 1 is 0.642 bits per heavy atom. The van der Waals surface area contributed by atoms with E-state index in [2.05, 4.69) is 92.3 Å². The normalized spacial score (nSPS) is 19.7. The van der Waals surface area contributed by atoms with Crippen LogP contribution in [0.25, 0.3) is 0 Å². The zero-order valence-corrected chi connectivity index (χ0v) is 43.4. The number of carbonyl (C=O) groups excluding carboxylic acids is 2. The van der Waals surface area contributed by atoms with Crippen molar-refractivity contribution in [2.75, 3.05) is 69.8 Å². The fourth-order valence-corrected chi connectivity index (χ4v) is 10.5. The summed E-state index contributed by atoms with van der Waals surface area (Å²) in [5.74, 6) is -0.211. The van der Waals surface area contributed by atoms with Crippen molar-refractivity contribution in [3.63, 3.8) is 0 Å². The Hall–Kier alpha value is -3.74. The Balaban J connectivity index is 0.000000201. The number of benzene rings is 4. The van der Waals surface area contributed by atoms with E-state index in [9.17, 15) is 9.59 Å². The van der Waals surface area contributed by atoms with Crippen LogP contribution in [0, 0.1) is 0 Å². The Labute approximate surface area is 419 Å². The van der Waals surface area contributed by atoms with Crippen LogP contribution in [0.15, 0.2) is 84.9 Å². The van der Waals surface area contributed by atoms with E-state index in [-0.39, 0.29) is 12.1 Å². The molecule has 0 bridgehead atoms. The third kappa shape index (κ3) is 15.6. The number of rotatable bonds is 7. The van der Waals surface area contributed by atoms with Crippen LogP contribution < -0.4 is 15.1 Å². The second-order valence-corrected chi connectivity index (χ2v) is 21.0. The van der Waals surface area contributed by atoms with Crippen molar-refractivity contribution in [1.29, 1.82) is 0 Å². The number of hydrogen-bond donors (Lipinski definition) is 1. The Morgan fingerprint density at radius 2 is 1.06 bits per heavy atom. The van der Waals surface area contributed by atoms with Gasteiger partial charge < -0.3 is 29.5 Å². The minimum atomic E-state index is -0.476. The third-order valence-electron chi connectivity index (χ3n) is 13.0. The van der Waals surface area contributed by atoms with Gasteiger partial charge in [-0.25, -0.2) is 4.79 Å². The molecule has 67 heavy (non-hydrogen) atoms. The molecule has 1 N–H and O–H groups in total. The number of carbonyl (C=O) groups is 2. The lowest BCUT2D eigenvalue weighted by molar-refractivity contribution is -0.140. The number of nitrogens with one attached hydrogen (secondary N) is 1. The summed E-state index contributed by atoms with van der Waals surface area (Å²) in [6.45, 7) is 16.8. The van der Waals surface area contributed by atoms with Gasteiger partial charge in [0.2, 0.25) is 0 Å². The lowest BCUT2D eigenvalue weighted by Gasteiger charge is -2.42. The van der Waals surface area contributed by atoms with Gasteiger partial charge >= 0.3 is 12.1 Å². The molecule has 8 rings (SSSR count). The van der Waals surface area contributed by atoms with Crippen LogP contribution in [-0.4, -0.2) is 117 Å². The van der Waals surface area contributed by atoms with Crippen LogP contribution in [0.3, 0.4) is 0 Å². The molecule has 2 saturated heterocycles. The van der Waals surface area contributed by atoms with Gasteiger partial charge in [0.05, 0.1) is 6.61 Å². The number of halogens is 4. The summed E-state index contributed by atoms with van der Waals surface area (Å²) >= 11 is 25.0. The average molecular weight is 997 g/mol. The maximum absolute atomic E-state index is 12.6. The number of likely N-dealkylation sites (tertiary alicyclic amines) is 1. The quantitative estimate of drug-likeness (QED) is 0.182. The van der Waals surface area contributed by atoms with E-state index in [1.54, 1.807) is 6.92 Å². The molecule has 10 nitrogen and oxygen atoms in total. The van der Waals surface area contributed by atoms with E-state index in [1.807, 2.05) is 62.1 Å². The summed E-state index contributed by atoms with van der Waals surface area (Å²) < 4.78 is 10.0. The number of esters is 1. The molecule has 1 amide bonds. The molecule has 0 saturated carbocycles. The first-order valence-corrected chi connectivity index (χ1v) is 25.3. The van der Waals surface area contributed by atoms with E-state index in [0.29, 0.717) is 43.9 Å². The summed E-state index contributed by atoms with van der Waals surface area (Å²) in [6, 6.07) is 30.8. The van der Waals surface area contributed by atoms with Crippen molar-refractivity contribution >= 4 is 69.8 Å². The van der Waals surface area contributed by atoms with E-state index in [0.717, 1.165) is 85.0 Å². The molecular weight excluding hydrogens is 926 g/mol. The molecule has 0 aromatic heterocycles. The first-order chi connectivity index (χ1) is 32.0. The SMILES string of the molecule is CCOC(C)=O.CN1CC(Cc2ccc(Cl)cc2)N(C2CCN(C(=O)OC(C)(C)C)CC2)Cc2cc(Cl)ccc21.CN1CC(Cc2ccc(Cl)cc2)N(C2CCNCC2)Cc2cc(Cl)ccc21. The summed E-state index contributed by atoms with van der Waals surface area (Å²) in [7, 11) is 4.36. The summed E-state index contributed by atoms with van der Waals surface area (Å²) in [5, 5.41) is 6.65. The highest BCUT2D eigenvalue weighted by atomic mass is 35.5. The zero-order valence-electron chi connectivity index (χ0n) is 40.4. The van der Waals surface area contributed by atoms with Crippen LogP contribution in [0.1, 0.15) is 82.6 Å². The number of fused-ring (bicyclic) bond motifs is 2. The third-order valence-corrected chi connectivity index (χ3v) is 14.0. The molecule has 0 radical (unpaired) electrons. The Bertz CT molecular complexity index is 2210. The predicted octanol–water partition coefficient (Wildman–Crippen LogP) is 11.4. The van der Waals surface area contributed by atoms with Crippen molar-refractivity contribution in [1.82, 2.24) is 20.0 Å². The number of ether oxygens (including phenoxy) is 2. The van der Waals surface area contributed by atoms with Gasteiger partial charge in [0.15, 0.2) is 0 Å². The van der Waals surface area contributed by atoms with Crippen molar-refractivity contribution < 1.29 is 19.1 Å². The molecule has 4 aliphatic rings. The van der Waals surface area contributed by atoms with Crippen LogP contribution in [0.5, 0.6) is 0 Å². The van der Waals surface area contributed by atoms with Gasteiger partial charge in [-0.1, -0.05) is 70.7 Å². The molecule has 4 heterocycles. The fourth-order valence-electron chi connectivity index (χ4n) is 9.85. The number of amides is 1. The molecule has 4 aliphatic heterocycles. The van der Waals surface area contributed by atoms with Gasteiger partial charge in [-0.2, -0.15) is 0 Å². The second-order valence-electron chi connectivity index (χ2n) is 19.2. The lowest BCUT2D eigenvalue weighted by atomic mass is 9.97. The Kier molecular flexibility index (Phi) is 19.4. The standard InChI is InChI=1S/C27H35Cl2N3O2.C22H27Cl2N3.C4H8O2/c1-27(2,3)34-26(33)31-13-11-23(12-14-31)32-17-20-16-22(29)9-10-25(20)30(4)18-24(32)15-19-5-7-21(28)8-6-19;1-26-15-21(12-16-2-4-18(23)5-3-16)27(20-8-10-25-11-9-20)14-17-13-19(24)6-7-22(17)26;1-3-6-4(2)5/h5-10,16,23-24H,11-15,17-18H2,1-4H3;2-7,13,20-21,25H,8-12,14-15H2,1H3;3H2,1-2H3. The average Bonchev–Trinajstić information content (AvgIpc) is 3.50. The largest absolute Gasteiger partial charge is 0.466 e. The van der Waals surface area contributed by atoms with Crippen molar-refractivity contribution in [2.45, 2.75) is 116 Å². The van der Waals surface area contributed by atoms with Gasteiger partial charge in [-0.3, -0.25) is 14.6 Å². The molecule has 2 unspecified atom stereocenters. The van der Waals surface area contributed by atoms with E-state index in [1.165, 1.54) is 53.4 Å². The van der Waals surface area contributed by atoms with Gasteiger partial charge in [0, 0.05) is 116 Å². The number of hydrogen-bond acceptors (Lipinski definition) is 9. The van der Waals surface area contributed by atoms with Gasteiger partial charge in [-0.15, -0.1) is 0 Å². The summed E-state index contributed by atoms with van der Waals surface area (Å²) in [4.78, 5) is 34.4. The molecule has 364 valence electrons. The Morgan fingerprint density at radius 3 is 1.45 bits per heavy atom. The number of anilines is 2. The number of nitrogens with zero attached hydrogens (tertiary/aromatic N) is 5. The minimum absolute atomic E-state index is 0.211. The van der Waals surface area contributed by atoms with Gasteiger partial charge in [0.1, 0.15) is 5.60 Å². The number of piperidine rings is 2. The molecule has 2 fully saturated rings. The smallest absolute Gasteiger partial charge is 0.410 e. The fraction of sp³-hybridized carbons (Fsp3) is 0.509. The van der Waals surface area contributed by atoms with Crippen molar-refractivity contribution in [2.24, 2.45) is 0 Å². The second kappa shape index (κ2) is 24.7. The minimum Gasteiger partial charge on any atom is -0.466 e. The molecule has 14 heteroatoms. The summed E-state index contributed by atoms with van der Waals surface area (Å²) in [5.41, 5.74) is 7.28. The predicted molar refractivity (Wildman–Crippen MR) is 277 cm³/mol. The highest BCUT2D eigenvalue weighted by molar-refractivity contribution is 6.31. The zero-order chi connectivity index (χ0) is 48.3. The topological polar surface area (TPSA) is 80.8 Å². The molecule has 0 spiro atoms. The highest BCUT2D eigenvalue weighted by Gasteiger charge is 2.36. The van der Waals surface area contributed by atoms with E-state index >= 15 is 0 Å². The number of likely N-dealkylation sites (N-methyl/N-ethyl adjacent to an activating group) is 2.